The Morgan fingerprint density at radius 1 is 1.35 bits per heavy atom. The van der Waals surface area contributed by atoms with Gasteiger partial charge in [-0.3, -0.25) is 0 Å². The first-order chi connectivity index (χ1) is 8.33. The number of thioether (sulfide) groups is 2. The van der Waals surface area contributed by atoms with Crippen molar-refractivity contribution >= 4 is 23.5 Å². The normalized spacial score (nSPS) is 31.7. The van der Waals surface area contributed by atoms with Crippen LogP contribution >= 0.6 is 23.5 Å². The molecule has 2 unspecified atom stereocenters. The maximum Gasteiger partial charge on any atom is 0.0288 e. The molecule has 3 heteroatoms. The van der Waals surface area contributed by atoms with E-state index in [0.29, 0.717) is 4.75 Å². The molecule has 1 fully saturated rings. The van der Waals surface area contributed by atoms with Crippen LogP contribution in [0.25, 0.3) is 0 Å². The zero-order valence-electron chi connectivity index (χ0n) is 10.0. The molecule has 2 aliphatic rings. The van der Waals surface area contributed by atoms with Crippen molar-refractivity contribution < 1.29 is 0 Å². The number of rotatable bonds is 3. The van der Waals surface area contributed by atoms with Crippen LogP contribution < -0.4 is 5.73 Å². The summed E-state index contributed by atoms with van der Waals surface area (Å²) in [6.07, 6.45) is 3.94. The molecule has 1 aromatic rings. The smallest absolute Gasteiger partial charge is 0.0288 e. The van der Waals surface area contributed by atoms with E-state index in [0.717, 1.165) is 12.5 Å². The monoisotopic (exact) mass is 265 g/mol. The molecule has 0 aromatic heterocycles. The van der Waals surface area contributed by atoms with Crippen molar-refractivity contribution in [3.63, 3.8) is 0 Å². The quantitative estimate of drug-likeness (QED) is 0.906. The molecule has 1 aromatic carbocycles. The predicted molar refractivity (Wildman–Crippen MR) is 78.0 cm³/mol. The second-order valence-corrected chi connectivity index (χ2v) is 7.71. The minimum Gasteiger partial charge on any atom is -0.329 e. The van der Waals surface area contributed by atoms with Crippen LogP contribution in [-0.4, -0.2) is 22.8 Å². The molecular formula is C14H19NS2. The van der Waals surface area contributed by atoms with E-state index in [2.05, 4.69) is 36.0 Å². The summed E-state index contributed by atoms with van der Waals surface area (Å²) < 4.78 is 0.378. The van der Waals surface area contributed by atoms with Crippen LogP contribution in [0.4, 0.5) is 0 Å². The van der Waals surface area contributed by atoms with Crippen LogP contribution in [0.1, 0.15) is 30.7 Å². The van der Waals surface area contributed by atoms with Crippen LogP contribution in [0, 0.1) is 0 Å². The van der Waals surface area contributed by atoms with Crippen LogP contribution in [0.2, 0.25) is 0 Å². The lowest BCUT2D eigenvalue weighted by Crippen LogP contribution is -2.33. The van der Waals surface area contributed by atoms with Gasteiger partial charge in [0.15, 0.2) is 0 Å². The number of benzene rings is 1. The number of nitrogens with two attached hydrogens (primary N) is 1. The molecule has 0 aliphatic carbocycles. The molecule has 0 bridgehead atoms. The van der Waals surface area contributed by atoms with E-state index >= 15 is 0 Å². The highest BCUT2D eigenvalue weighted by Crippen LogP contribution is 2.49. The fourth-order valence-corrected chi connectivity index (χ4v) is 5.71. The summed E-state index contributed by atoms with van der Waals surface area (Å²) in [6, 6.07) is 8.90. The molecule has 0 spiro atoms. The maximum absolute atomic E-state index is 6.04. The number of fused-ring (bicyclic) bond motifs is 1. The number of hydrogen-bond donors (Lipinski definition) is 1. The van der Waals surface area contributed by atoms with Gasteiger partial charge in [-0.2, -0.15) is 11.8 Å². The third-order valence-corrected chi connectivity index (χ3v) is 6.87. The molecule has 2 aliphatic heterocycles. The van der Waals surface area contributed by atoms with Gasteiger partial charge in [-0.05, 0) is 42.6 Å². The fraction of sp³-hybridized carbons (Fsp3) is 0.571. The zero-order valence-corrected chi connectivity index (χ0v) is 11.7. The Hall–Kier alpha value is -0.120. The average Bonchev–Trinajstić information content (AvgIpc) is 2.99. The standard InChI is InChI=1S/C14H19NS2/c15-10-14(6-3-7-17-14)8-11-9-16-13-5-2-1-4-12(11)13/h1-2,4-5,11H,3,6-10,15H2. The van der Waals surface area contributed by atoms with Crippen molar-refractivity contribution in [2.75, 3.05) is 18.1 Å². The van der Waals surface area contributed by atoms with Crippen molar-refractivity contribution in [1.29, 1.82) is 0 Å². The van der Waals surface area contributed by atoms with E-state index in [1.807, 2.05) is 11.8 Å². The zero-order chi connectivity index (χ0) is 11.7. The summed E-state index contributed by atoms with van der Waals surface area (Å²) in [5, 5.41) is 0. The first-order valence-electron chi connectivity index (χ1n) is 6.39. The summed E-state index contributed by atoms with van der Waals surface area (Å²) in [5.41, 5.74) is 7.61. The molecule has 0 amide bonds. The minimum absolute atomic E-state index is 0.378. The molecule has 17 heavy (non-hydrogen) atoms. The van der Waals surface area contributed by atoms with E-state index in [1.165, 1.54) is 35.7 Å². The van der Waals surface area contributed by atoms with Gasteiger partial charge in [0, 0.05) is 21.9 Å². The van der Waals surface area contributed by atoms with Gasteiger partial charge in [-0.1, -0.05) is 18.2 Å². The molecule has 2 heterocycles. The fourth-order valence-electron chi connectivity index (χ4n) is 3.01. The summed E-state index contributed by atoms with van der Waals surface area (Å²) >= 11 is 4.14. The van der Waals surface area contributed by atoms with Gasteiger partial charge in [0.05, 0.1) is 0 Å². The highest BCUT2D eigenvalue weighted by molar-refractivity contribution is 8.01. The lowest BCUT2D eigenvalue weighted by atomic mass is 9.87. The van der Waals surface area contributed by atoms with Gasteiger partial charge in [0.25, 0.3) is 0 Å². The Kier molecular flexibility index (Phi) is 3.42. The molecule has 0 saturated carbocycles. The molecule has 1 nitrogen and oxygen atoms in total. The lowest BCUT2D eigenvalue weighted by Gasteiger charge is -2.29. The van der Waals surface area contributed by atoms with Crippen LogP contribution in [0.15, 0.2) is 29.2 Å². The molecule has 0 radical (unpaired) electrons. The topological polar surface area (TPSA) is 26.0 Å². The highest BCUT2D eigenvalue weighted by atomic mass is 32.2. The second-order valence-electron chi connectivity index (χ2n) is 5.09. The molecule has 3 rings (SSSR count). The van der Waals surface area contributed by atoms with Crippen LogP contribution in [-0.2, 0) is 0 Å². The Morgan fingerprint density at radius 3 is 3.00 bits per heavy atom. The van der Waals surface area contributed by atoms with E-state index < -0.39 is 0 Å². The van der Waals surface area contributed by atoms with Crippen molar-refractivity contribution in [3.05, 3.63) is 29.8 Å². The Balaban J connectivity index is 1.79. The van der Waals surface area contributed by atoms with Gasteiger partial charge in [-0.15, -0.1) is 11.8 Å². The first kappa shape index (κ1) is 11.9. The van der Waals surface area contributed by atoms with Crippen molar-refractivity contribution in [1.82, 2.24) is 0 Å². The first-order valence-corrected chi connectivity index (χ1v) is 8.36. The largest absolute Gasteiger partial charge is 0.329 e. The Morgan fingerprint density at radius 2 is 2.24 bits per heavy atom. The van der Waals surface area contributed by atoms with Gasteiger partial charge in [-0.25, -0.2) is 0 Å². The van der Waals surface area contributed by atoms with E-state index in [-0.39, 0.29) is 0 Å². The van der Waals surface area contributed by atoms with Crippen LogP contribution in [0.3, 0.4) is 0 Å². The Labute approximate surface area is 112 Å². The van der Waals surface area contributed by atoms with Crippen LogP contribution in [0.5, 0.6) is 0 Å². The van der Waals surface area contributed by atoms with E-state index in [4.69, 9.17) is 5.73 Å². The summed E-state index contributed by atoms with van der Waals surface area (Å²) in [5.74, 6) is 3.28. The second kappa shape index (κ2) is 4.87. The van der Waals surface area contributed by atoms with Gasteiger partial charge in [0.1, 0.15) is 0 Å². The van der Waals surface area contributed by atoms with E-state index in [9.17, 15) is 0 Å². The Bertz CT molecular complexity index is 399. The summed E-state index contributed by atoms with van der Waals surface area (Å²) in [7, 11) is 0. The molecule has 92 valence electrons. The lowest BCUT2D eigenvalue weighted by molar-refractivity contribution is 0.489. The summed E-state index contributed by atoms with van der Waals surface area (Å²) in [4.78, 5) is 1.49. The molecule has 1 saturated heterocycles. The summed E-state index contributed by atoms with van der Waals surface area (Å²) in [6.45, 7) is 0.848. The SMILES string of the molecule is NCC1(CC2CSc3ccccc32)CCCS1. The van der Waals surface area contributed by atoms with Crippen molar-refractivity contribution in [2.45, 2.75) is 34.8 Å². The third kappa shape index (κ3) is 2.25. The van der Waals surface area contributed by atoms with Gasteiger partial charge >= 0.3 is 0 Å². The third-order valence-electron chi connectivity index (χ3n) is 3.97. The van der Waals surface area contributed by atoms with Gasteiger partial charge in [0.2, 0.25) is 0 Å². The highest BCUT2D eigenvalue weighted by Gasteiger charge is 2.37. The van der Waals surface area contributed by atoms with Crippen molar-refractivity contribution in [3.8, 4) is 0 Å². The minimum atomic E-state index is 0.378. The maximum atomic E-state index is 6.04. The number of hydrogen-bond acceptors (Lipinski definition) is 3. The predicted octanol–water partition coefficient (Wildman–Crippen LogP) is 3.49. The van der Waals surface area contributed by atoms with E-state index in [1.54, 1.807) is 5.56 Å². The average molecular weight is 265 g/mol. The van der Waals surface area contributed by atoms with Gasteiger partial charge < -0.3 is 5.73 Å². The van der Waals surface area contributed by atoms with Crippen molar-refractivity contribution in [2.24, 2.45) is 5.73 Å². The molecular weight excluding hydrogens is 246 g/mol. The molecule has 2 N–H and O–H groups in total. The molecule has 2 atom stereocenters.